The molecule has 4 nitrogen and oxygen atoms in total. The molecule has 1 aromatic rings. The minimum absolute atomic E-state index is 0.0456. The van der Waals surface area contributed by atoms with Crippen LogP contribution in [-0.4, -0.2) is 49.7 Å². The first kappa shape index (κ1) is 17.4. The van der Waals surface area contributed by atoms with E-state index in [0.29, 0.717) is 23.5 Å². The second kappa shape index (κ2) is 8.04. The van der Waals surface area contributed by atoms with Gasteiger partial charge in [0.1, 0.15) is 5.82 Å². The van der Waals surface area contributed by atoms with Crippen LogP contribution in [0.2, 0.25) is 0 Å². The predicted octanol–water partition coefficient (Wildman–Crippen LogP) is 2.67. The first-order chi connectivity index (χ1) is 10.5. The Morgan fingerprint density at radius 3 is 3.05 bits per heavy atom. The van der Waals surface area contributed by atoms with Gasteiger partial charge in [-0.3, -0.25) is 9.69 Å². The van der Waals surface area contributed by atoms with Crippen molar-refractivity contribution >= 4 is 21.8 Å². The Morgan fingerprint density at radius 2 is 2.32 bits per heavy atom. The second-order valence-electron chi connectivity index (χ2n) is 5.98. The van der Waals surface area contributed by atoms with Crippen LogP contribution in [0.1, 0.15) is 24.2 Å². The van der Waals surface area contributed by atoms with Gasteiger partial charge in [0, 0.05) is 30.7 Å². The van der Waals surface area contributed by atoms with Crippen LogP contribution in [0.4, 0.5) is 4.39 Å². The molecule has 0 bridgehead atoms. The smallest absolute Gasteiger partial charge is 0.254 e. The van der Waals surface area contributed by atoms with Gasteiger partial charge in [-0.05, 0) is 24.1 Å². The molecule has 0 radical (unpaired) electrons. The highest BCUT2D eigenvalue weighted by Crippen LogP contribution is 2.15. The number of carbonyl (C=O) groups excluding carboxylic acids is 1. The van der Waals surface area contributed by atoms with E-state index >= 15 is 0 Å². The number of amides is 1. The van der Waals surface area contributed by atoms with E-state index in [9.17, 15) is 9.18 Å². The van der Waals surface area contributed by atoms with Crippen molar-refractivity contribution < 1.29 is 13.9 Å². The summed E-state index contributed by atoms with van der Waals surface area (Å²) in [5, 5.41) is 2.76. The molecule has 22 heavy (non-hydrogen) atoms. The maximum atomic E-state index is 13.7. The predicted molar refractivity (Wildman–Crippen MR) is 87.5 cm³/mol. The van der Waals surface area contributed by atoms with Crippen LogP contribution in [0.25, 0.3) is 0 Å². The van der Waals surface area contributed by atoms with Crippen molar-refractivity contribution in [3.05, 3.63) is 34.1 Å². The monoisotopic (exact) mass is 372 g/mol. The van der Waals surface area contributed by atoms with Gasteiger partial charge in [0.15, 0.2) is 0 Å². The molecular weight excluding hydrogens is 351 g/mol. The molecule has 6 heteroatoms. The molecule has 1 heterocycles. The maximum Gasteiger partial charge on any atom is 0.254 e. The number of benzene rings is 1. The summed E-state index contributed by atoms with van der Waals surface area (Å²) in [7, 11) is 0. The van der Waals surface area contributed by atoms with E-state index in [1.165, 1.54) is 12.1 Å². The summed E-state index contributed by atoms with van der Waals surface area (Å²) in [5.74, 6) is -0.334. The molecule has 1 atom stereocenters. The fraction of sp³-hybridized carbons (Fsp3) is 0.562. The molecule has 0 spiro atoms. The van der Waals surface area contributed by atoms with Crippen molar-refractivity contribution in [2.24, 2.45) is 5.92 Å². The van der Waals surface area contributed by atoms with Gasteiger partial charge >= 0.3 is 0 Å². The zero-order valence-corrected chi connectivity index (χ0v) is 14.5. The molecule has 122 valence electrons. The van der Waals surface area contributed by atoms with Crippen molar-refractivity contribution in [2.75, 3.05) is 32.8 Å². The lowest BCUT2D eigenvalue weighted by Crippen LogP contribution is -2.48. The number of halogens is 2. The minimum Gasteiger partial charge on any atom is -0.374 e. The molecule has 1 N–H and O–H groups in total. The normalized spacial score (nSPS) is 19.4. The van der Waals surface area contributed by atoms with E-state index in [2.05, 4.69) is 40.0 Å². The number of carbonyl (C=O) groups is 1. The second-order valence-corrected chi connectivity index (χ2v) is 6.90. The molecule has 0 aromatic heterocycles. The van der Waals surface area contributed by atoms with Gasteiger partial charge in [-0.1, -0.05) is 29.8 Å². The number of morpholine rings is 1. The lowest BCUT2D eigenvalue weighted by atomic mass is 10.1. The first-order valence-electron chi connectivity index (χ1n) is 7.53. The lowest BCUT2D eigenvalue weighted by Gasteiger charge is -2.33. The van der Waals surface area contributed by atoms with Crippen LogP contribution < -0.4 is 5.32 Å². The van der Waals surface area contributed by atoms with E-state index in [4.69, 9.17) is 4.74 Å². The molecule has 1 aromatic carbocycles. The van der Waals surface area contributed by atoms with Crippen LogP contribution in [0.5, 0.6) is 0 Å². The topological polar surface area (TPSA) is 41.6 Å². The zero-order valence-electron chi connectivity index (χ0n) is 12.9. The lowest BCUT2D eigenvalue weighted by molar-refractivity contribution is -0.0295. The van der Waals surface area contributed by atoms with Gasteiger partial charge in [0.2, 0.25) is 0 Å². The number of hydrogen-bond donors (Lipinski definition) is 1. The largest absolute Gasteiger partial charge is 0.374 e. The molecule has 1 aliphatic rings. The number of rotatable bonds is 5. The highest BCUT2D eigenvalue weighted by Gasteiger charge is 2.22. The van der Waals surface area contributed by atoms with E-state index in [1.807, 2.05) is 0 Å². The van der Waals surface area contributed by atoms with Gasteiger partial charge in [-0.2, -0.15) is 0 Å². The van der Waals surface area contributed by atoms with Crippen LogP contribution >= 0.6 is 15.9 Å². The molecule has 1 unspecified atom stereocenters. The van der Waals surface area contributed by atoms with Crippen molar-refractivity contribution in [3.63, 3.8) is 0 Å². The quantitative estimate of drug-likeness (QED) is 0.863. The molecule has 1 amide bonds. The Bertz CT molecular complexity index is 525. The summed E-state index contributed by atoms with van der Waals surface area (Å²) >= 11 is 3.24. The average Bonchev–Trinajstić information content (AvgIpc) is 2.47. The summed E-state index contributed by atoms with van der Waals surface area (Å²) in [5.41, 5.74) is 0.0456. The summed E-state index contributed by atoms with van der Waals surface area (Å²) in [6, 6.07) is 4.33. The summed E-state index contributed by atoms with van der Waals surface area (Å²) < 4.78 is 20.0. The molecule has 1 aliphatic heterocycles. The van der Waals surface area contributed by atoms with Gasteiger partial charge in [-0.25, -0.2) is 4.39 Å². The van der Waals surface area contributed by atoms with Gasteiger partial charge in [0.05, 0.1) is 18.3 Å². The van der Waals surface area contributed by atoms with Gasteiger partial charge in [-0.15, -0.1) is 0 Å². The zero-order chi connectivity index (χ0) is 16.1. The van der Waals surface area contributed by atoms with Crippen molar-refractivity contribution in [1.82, 2.24) is 10.2 Å². The van der Waals surface area contributed by atoms with Crippen LogP contribution in [0.3, 0.4) is 0 Å². The van der Waals surface area contributed by atoms with E-state index < -0.39 is 11.7 Å². The molecule has 0 aliphatic carbocycles. The Morgan fingerprint density at radius 1 is 1.55 bits per heavy atom. The molecule has 1 saturated heterocycles. The molecule has 2 rings (SSSR count). The van der Waals surface area contributed by atoms with E-state index in [-0.39, 0.29) is 11.7 Å². The third kappa shape index (κ3) is 5.04. The standard InChI is InChI=1S/C16H22BrFN2O2/c1-11(2)9-20-5-6-22-13(10-20)8-19-16(21)14-7-12(17)3-4-15(14)18/h3-4,7,11,13H,5-6,8-10H2,1-2H3,(H,19,21). The Hall–Kier alpha value is -0.980. The number of ether oxygens (including phenoxy) is 1. The fourth-order valence-electron chi connectivity index (χ4n) is 2.56. The number of nitrogens with one attached hydrogen (secondary N) is 1. The van der Waals surface area contributed by atoms with E-state index in [1.54, 1.807) is 6.07 Å². The highest BCUT2D eigenvalue weighted by atomic mass is 79.9. The Kier molecular flexibility index (Phi) is 6.35. The van der Waals surface area contributed by atoms with E-state index in [0.717, 1.165) is 19.6 Å². The fourth-order valence-corrected chi connectivity index (χ4v) is 2.92. The summed E-state index contributed by atoms with van der Waals surface area (Å²) in [6.07, 6.45) is -0.0494. The van der Waals surface area contributed by atoms with Crippen LogP contribution in [-0.2, 0) is 4.74 Å². The van der Waals surface area contributed by atoms with Crippen molar-refractivity contribution in [1.29, 1.82) is 0 Å². The Labute approximate surface area is 139 Å². The molecular formula is C16H22BrFN2O2. The summed E-state index contributed by atoms with van der Waals surface area (Å²) in [4.78, 5) is 14.4. The van der Waals surface area contributed by atoms with Crippen molar-refractivity contribution in [3.8, 4) is 0 Å². The maximum absolute atomic E-state index is 13.7. The van der Waals surface area contributed by atoms with Crippen LogP contribution in [0, 0.1) is 11.7 Å². The van der Waals surface area contributed by atoms with Gasteiger partial charge in [0.25, 0.3) is 5.91 Å². The average molecular weight is 373 g/mol. The first-order valence-corrected chi connectivity index (χ1v) is 8.32. The van der Waals surface area contributed by atoms with Crippen LogP contribution in [0.15, 0.2) is 22.7 Å². The Balaban J connectivity index is 1.86. The van der Waals surface area contributed by atoms with Crippen molar-refractivity contribution in [2.45, 2.75) is 20.0 Å². The third-order valence-electron chi connectivity index (χ3n) is 3.51. The summed E-state index contributed by atoms with van der Waals surface area (Å²) in [6.45, 7) is 8.15. The third-order valence-corrected chi connectivity index (χ3v) is 4.00. The molecule has 1 fully saturated rings. The highest BCUT2D eigenvalue weighted by molar-refractivity contribution is 9.10. The van der Waals surface area contributed by atoms with Gasteiger partial charge < -0.3 is 10.1 Å². The SMILES string of the molecule is CC(C)CN1CCOC(CNC(=O)c2cc(Br)ccc2F)C1. The molecule has 0 saturated carbocycles. The number of hydrogen-bond acceptors (Lipinski definition) is 3. The number of nitrogens with zero attached hydrogens (tertiary/aromatic N) is 1. The minimum atomic E-state index is -0.522.